The molecular weight excluding hydrogens is 408 g/mol. The van der Waals surface area contributed by atoms with Crippen LogP contribution in [0.5, 0.6) is 0 Å². The zero-order chi connectivity index (χ0) is 18.2. The van der Waals surface area contributed by atoms with Crippen LogP contribution in [0, 0.1) is 0 Å². The number of rotatable bonds is 5. The summed E-state index contributed by atoms with van der Waals surface area (Å²) in [5, 5.41) is 16.7. The van der Waals surface area contributed by atoms with Crippen LogP contribution in [0.3, 0.4) is 0 Å². The summed E-state index contributed by atoms with van der Waals surface area (Å²) in [6, 6.07) is 5.69. The smallest absolute Gasteiger partial charge is 0.236 e. The quantitative estimate of drug-likeness (QED) is 0.617. The van der Waals surface area contributed by atoms with Gasteiger partial charge in [-0.3, -0.25) is 0 Å². The van der Waals surface area contributed by atoms with Gasteiger partial charge in [-0.25, -0.2) is 27.0 Å². The molecule has 0 radical (unpaired) electrons. The van der Waals surface area contributed by atoms with E-state index in [0.717, 1.165) is 29.4 Å². The van der Waals surface area contributed by atoms with Gasteiger partial charge in [0.05, 0.1) is 16.8 Å². The molecule has 0 aliphatic heterocycles. The Morgan fingerprint density at radius 1 is 1.16 bits per heavy atom. The van der Waals surface area contributed by atoms with Gasteiger partial charge in [0, 0.05) is 6.26 Å². The molecule has 14 heteroatoms. The number of hydrogen-bond acceptors (Lipinski definition) is 10. The third-order valence-corrected chi connectivity index (χ3v) is 7.59. The number of thiazole rings is 1. The second-order valence-electron chi connectivity index (χ2n) is 4.73. The summed E-state index contributed by atoms with van der Waals surface area (Å²) in [5.41, 5.74) is 0.514. The van der Waals surface area contributed by atoms with Gasteiger partial charge in [-0.05, 0) is 46.5 Å². The molecule has 132 valence electrons. The number of hydrogen-bond donors (Lipinski definition) is 1. The molecule has 0 atom stereocenters. The molecule has 0 aliphatic carbocycles. The topological polar surface area (TPSA) is 151 Å². The lowest BCUT2D eigenvalue weighted by atomic mass is 10.3. The van der Waals surface area contributed by atoms with Gasteiger partial charge in [0.15, 0.2) is 14.2 Å². The average Bonchev–Trinajstić information content (AvgIpc) is 3.16. The molecule has 0 fully saturated rings. The third-order valence-electron chi connectivity index (χ3n) is 2.86. The summed E-state index contributed by atoms with van der Waals surface area (Å²) in [6.07, 6.45) is 2.38. The first kappa shape index (κ1) is 17.9. The van der Waals surface area contributed by atoms with Gasteiger partial charge in [0.1, 0.15) is 4.21 Å². The molecular formula is C11H10N6O4S4. The standard InChI is InChI=1S/C11H10N6O4S4/c1-24(18,19)9-6-13-11(22-9)23-10-14-15-16-17(10)7-2-4-8(5-3-7)25(12,20)21/h2-6H,1H3,(H2,12,20,21). The Labute approximate surface area is 151 Å². The number of sulfone groups is 1. The number of sulfonamides is 1. The fourth-order valence-electron chi connectivity index (χ4n) is 1.72. The van der Waals surface area contributed by atoms with Crippen LogP contribution in [0.25, 0.3) is 5.69 Å². The normalized spacial score (nSPS) is 12.4. The minimum absolute atomic E-state index is 0.0313. The summed E-state index contributed by atoms with van der Waals surface area (Å²) >= 11 is 2.10. The van der Waals surface area contributed by atoms with Crippen molar-refractivity contribution in [2.75, 3.05) is 6.26 Å². The molecule has 0 aliphatic rings. The average molecular weight is 419 g/mol. The van der Waals surface area contributed by atoms with Gasteiger partial charge in [-0.15, -0.1) is 5.10 Å². The molecule has 3 aromatic rings. The first-order valence-corrected chi connectivity index (χ1v) is 11.5. The Kier molecular flexibility index (Phi) is 4.63. The zero-order valence-electron chi connectivity index (χ0n) is 12.5. The van der Waals surface area contributed by atoms with Crippen molar-refractivity contribution in [1.82, 2.24) is 25.2 Å². The molecule has 0 amide bonds. The Morgan fingerprint density at radius 2 is 1.84 bits per heavy atom. The summed E-state index contributed by atoms with van der Waals surface area (Å²) in [7, 11) is -7.12. The van der Waals surface area contributed by atoms with Gasteiger partial charge < -0.3 is 0 Å². The molecule has 25 heavy (non-hydrogen) atoms. The number of tetrazole rings is 1. The number of nitrogens with zero attached hydrogens (tertiary/aromatic N) is 5. The molecule has 0 saturated carbocycles. The molecule has 2 N–H and O–H groups in total. The summed E-state index contributed by atoms with van der Waals surface area (Å²) in [4.78, 5) is 4.01. The Morgan fingerprint density at radius 3 is 2.40 bits per heavy atom. The number of nitrogens with two attached hydrogens (primary N) is 1. The van der Waals surface area contributed by atoms with Crippen LogP contribution in [0.15, 0.2) is 49.1 Å². The second-order valence-corrected chi connectivity index (χ2v) is 10.8. The van der Waals surface area contributed by atoms with Crippen LogP contribution in [0.4, 0.5) is 0 Å². The highest BCUT2D eigenvalue weighted by molar-refractivity contribution is 8.01. The van der Waals surface area contributed by atoms with E-state index in [1.807, 2.05) is 0 Å². The van der Waals surface area contributed by atoms with E-state index in [4.69, 9.17) is 5.14 Å². The van der Waals surface area contributed by atoms with Crippen molar-refractivity contribution >= 4 is 43.0 Å². The third kappa shape index (κ3) is 4.04. The first-order chi connectivity index (χ1) is 11.6. The van der Waals surface area contributed by atoms with E-state index in [-0.39, 0.29) is 9.10 Å². The van der Waals surface area contributed by atoms with Crippen LogP contribution in [0.2, 0.25) is 0 Å². The van der Waals surface area contributed by atoms with E-state index in [0.29, 0.717) is 15.2 Å². The van der Waals surface area contributed by atoms with Gasteiger partial charge in [-0.1, -0.05) is 11.3 Å². The molecule has 0 spiro atoms. The van der Waals surface area contributed by atoms with Crippen LogP contribution in [0.1, 0.15) is 0 Å². The number of primary sulfonamides is 1. The Bertz CT molecular complexity index is 1120. The molecule has 3 rings (SSSR count). The van der Waals surface area contributed by atoms with Crippen molar-refractivity contribution in [1.29, 1.82) is 0 Å². The highest BCUT2D eigenvalue weighted by Crippen LogP contribution is 2.32. The van der Waals surface area contributed by atoms with E-state index < -0.39 is 19.9 Å². The van der Waals surface area contributed by atoms with Gasteiger partial charge in [0.2, 0.25) is 15.2 Å². The van der Waals surface area contributed by atoms with E-state index >= 15 is 0 Å². The summed E-state index contributed by atoms with van der Waals surface area (Å²) in [6.45, 7) is 0. The van der Waals surface area contributed by atoms with E-state index in [2.05, 4.69) is 20.5 Å². The maximum atomic E-state index is 11.5. The highest BCUT2D eigenvalue weighted by atomic mass is 32.2. The van der Waals surface area contributed by atoms with Crippen molar-refractivity contribution < 1.29 is 16.8 Å². The number of benzene rings is 1. The molecule has 0 saturated heterocycles. The predicted molar refractivity (Wildman–Crippen MR) is 89.9 cm³/mol. The van der Waals surface area contributed by atoms with Gasteiger partial charge in [-0.2, -0.15) is 4.68 Å². The fourth-order valence-corrected chi connectivity index (χ4v) is 5.09. The summed E-state index contributed by atoms with van der Waals surface area (Å²) in [5.74, 6) is 0. The van der Waals surface area contributed by atoms with Crippen LogP contribution in [-0.4, -0.2) is 48.3 Å². The largest absolute Gasteiger partial charge is 0.238 e. The molecule has 1 aromatic carbocycles. The monoisotopic (exact) mass is 418 g/mol. The second kappa shape index (κ2) is 6.45. The molecule has 0 unspecified atom stereocenters. The van der Waals surface area contributed by atoms with Crippen LogP contribution in [-0.2, 0) is 19.9 Å². The summed E-state index contributed by atoms with van der Waals surface area (Å²) < 4.78 is 47.6. The van der Waals surface area contributed by atoms with Crippen molar-refractivity contribution in [3.63, 3.8) is 0 Å². The number of aromatic nitrogens is 5. The molecule has 10 nitrogen and oxygen atoms in total. The highest BCUT2D eigenvalue weighted by Gasteiger charge is 2.17. The Balaban J connectivity index is 1.89. The van der Waals surface area contributed by atoms with Crippen molar-refractivity contribution in [3.05, 3.63) is 30.5 Å². The predicted octanol–water partition coefficient (Wildman–Crippen LogP) is 0.321. The van der Waals surface area contributed by atoms with Crippen molar-refractivity contribution in [2.24, 2.45) is 5.14 Å². The van der Waals surface area contributed by atoms with Crippen LogP contribution >= 0.6 is 23.1 Å². The maximum Gasteiger partial charge on any atom is 0.238 e. The van der Waals surface area contributed by atoms with Crippen molar-refractivity contribution in [2.45, 2.75) is 18.6 Å². The first-order valence-electron chi connectivity index (χ1n) is 6.40. The minimum atomic E-state index is -3.79. The lowest BCUT2D eigenvalue weighted by Crippen LogP contribution is -2.12. The van der Waals surface area contributed by atoms with Gasteiger partial charge >= 0.3 is 0 Å². The fraction of sp³-hybridized carbons (Fsp3) is 0.0909. The molecule has 2 aromatic heterocycles. The van der Waals surface area contributed by atoms with Crippen molar-refractivity contribution in [3.8, 4) is 5.69 Å². The SMILES string of the molecule is CS(=O)(=O)c1cnc(Sc2nnnn2-c2ccc(S(N)(=O)=O)cc2)s1. The van der Waals surface area contributed by atoms with E-state index in [1.165, 1.54) is 35.1 Å². The molecule has 2 heterocycles. The van der Waals surface area contributed by atoms with Gasteiger partial charge in [0.25, 0.3) is 0 Å². The lowest BCUT2D eigenvalue weighted by molar-refractivity contribution is 0.597. The Hall–Kier alpha value is -1.87. The minimum Gasteiger partial charge on any atom is -0.236 e. The zero-order valence-corrected chi connectivity index (χ0v) is 15.7. The van der Waals surface area contributed by atoms with E-state index in [1.54, 1.807) is 0 Å². The van der Waals surface area contributed by atoms with E-state index in [9.17, 15) is 16.8 Å². The lowest BCUT2D eigenvalue weighted by Gasteiger charge is -2.04. The maximum absolute atomic E-state index is 11.5. The van der Waals surface area contributed by atoms with Crippen LogP contribution < -0.4 is 5.14 Å². The molecule has 0 bridgehead atoms.